The van der Waals surface area contributed by atoms with E-state index in [0.717, 1.165) is 6.26 Å². The first-order chi connectivity index (χ1) is 9.92. The smallest absolute Gasteiger partial charge is 0.264 e. The molecular formula is C15H21NO5S. The zero-order valence-electron chi connectivity index (χ0n) is 13.1. The molecule has 1 amide bonds. The van der Waals surface area contributed by atoms with Crippen LogP contribution in [-0.4, -0.2) is 41.7 Å². The van der Waals surface area contributed by atoms with Gasteiger partial charge in [-0.1, -0.05) is 17.9 Å². The zero-order valence-corrected chi connectivity index (χ0v) is 13.9. The molecule has 2 unspecified atom stereocenters. The van der Waals surface area contributed by atoms with Crippen LogP contribution in [0.3, 0.4) is 0 Å². The molecule has 22 heavy (non-hydrogen) atoms. The fraction of sp³-hybridized carbons (Fsp3) is 0.533. The maximum atomic E-state index is 12.0. The number of aliphatic hydroxyl groups is 1. The number of rotatable bonds is 5. The minimum absolute atomic E-state index is 0.210. The van der Waals surface area contributed by atoms with E-state index >= 15 is 0 Å². The molecule has 3 atom stereocenters. The Hall–Kier alpha value is -1.80. The summed E-state index contributed by atoms with van der Waals surface area (Å²) in [6, 6.07) is 0. The van der Waals surface area contributed by atoms with Gasteiger partial charge in [0.2, 0.25) is 0 Å². The molecule has 0 aliphatic carbocycles. The van der Waals surface area contributed by atoms with E-state index in [-0.39, 0.29) is 6.42 Å². The van der Waals surface area contributed by atoms with E-state index < -0.39 is 32.0 Å². The number of allylic oxidation sites excluding steroid dienone is 1. The second-order valence-electron chi connectivity index (χ2n) is 5.44. The van der Waals surface area contributed by atoms with Gasteiger partial charge in [0, 0.05) is 11.7 Å². The lowest BCUT2D eigenvalue weighted by atomic mass is 9.81. The van der Waals surface area contributed by atoms with Crippen LogP contribution in [0, 0.1) is 29.1 Å². The van der Waals surface area contributed by atoms with Crippen molar-refractivity contribution < 1.29 is 23.5 Å². The number of sulfone groups is 1. The topological polar surface area (TPSA) is 104 Å². The van der Waals surface area contributed by atoms with Crippen molar-refractivity contribution in [2.75, 3.05) is 6.26 Å². The highest BCUT2D eigenvalue weighted by atomic mass is 32.2. The molecule has 0 aliphatic heterocycles. The Bertz CT molecular complexity index is 660. The molecule has 0 aromatic heterocycles. The maximum absolute atomic E-state index is 12.0. The van der Waals surface area contributed by atoms with Crippen LogP contribution < -0.4 is 5.48 Å². The second kappa shape index (κ2) is 7.46. The van der Waals surface area contributed by atoms with E-state index in [1.54, 1.807) is 6.92 Å². The van der Waals surface area contributed by atoms with Crippen LogP contribution in [0.1, 0.15) is 27.2 Å². The fourth-order valence-electron chi connectivity index (χ4n) is 1.68. The Balaban J connectivity index is 5.73. The molecule has 0 fully saturated rings. The molecule has 0 bridgehead atoms. The SMILES string of the molecule is C=CC(C)(C#CC#CC(C)O)C[C@](C)(C(=O)NO)S(C)(=O)=O. The Labute approximate surface area is 131 Å². The summed E-state index contributed by atoms with van der Waals surface area (Å²) in [5.41, 5.74) is 0.349. The highest BCUT2D eigenvalue weighted by Crippen LogP contribution is 2.34. The third-order valence-corrected chi connectivity index (χ3v) is 5.21. The van der Waals surface area contributed by atoms with Gasteiger partial charge in [0.1, 0.15) is 6.10 Å². The molecule has 0 radical (unpaired) electrons. The van der Waals surface area contributed by atoms with Crippen LogP contribution >= 0.6 is 0 Å². The van der Waals surface area contributed by atoms with Crippen molar-refractivity contribution in [3.8, 4) is 23.7 Å². The summed E-state index contributed by atoms with van der Waals surface area (Å²) in [5.74, 6) is 9.06. The van der Waals surface area contributed by atoms with Crippen LogP contribution in [0.25, 0.3) is 0 Å². The summed E-state index contributed by atoms with van der Waals surface area (Å²) in [5, 5.41) is 17.8. The van der Waals surface area contributed by atoms with E-state index in [2.05, 4.69) is 30.3 Å². The monoisotopic (exact) mass is 327 g/mol. The number of carbonyl (C=O) groups is 1. The van der Waals surface area contributed by atoms with Gasteiger partial charge in [-0.3, -0.25) is 10.0 Å². The predicted molar refractivity (Wildman–Crippen MR) is 83.3 cm³/mol. The summed E-state index contributed by atoms with van der Waals surface area (Å²) in [6.45, 7) is 7.90. The normalized spacial score (nSPS) is 17.4. The minimum Gasteiger partial charge on any atom is -0.381 e. The van der Waals surface area contributed by atoms with E-state index in [1.165, 1.54) is 25.4 Å². The first-order valence-electron chi connectivity index (χ1n) is 6.40. The second-order valence-corrected chi connectivity index (χ2v) is 7.88. The van der Waals surface area contributed by atoms with Crippen molar-refractivity contribution in [2.24, 2.45) is 5.41 Å². The lowest BCUT2D eigenvalue weighted by molar-refractivity contribution is -0.132. The summed E-state index contributed by atoms with van der Waals surface area (Å²) >= 11 is 0. The standard InChI is InChI=1S/C15H21NO5S/c1-6-14(3,10-8-7-9-12(2)17)11-15(4,13(18)16-19)22(5,20)21/h6,12,17,19H,1,11H2,2-5H3,(H,16,18)/t12?,14?,15-/m1/s1. The largest absolute Gasteiger partial charge is 0.381 e. The first kappa shape index (κ1) is 20.2. The molecule has 0 heterocycles. The summed E-state index contributed by atoms with van der Waals surface area (Å²) < 4.78 is 22.0. The number of amides is 1. The maximum Gasteiger partial charge on any atom is 0.264 e. The van der Waals surface area contributed by atoms with Crippen molar-refractivity contribution in [1.29, 1.82) is 0 Å². The van der Waals surface area contributed by atoms with Crippen molar-refractivity contribution in [1.82, 2.24) is 5.48 Å². The number of hydroxylamine groups is 1. The Morgan fingerprint density at radius 2 is 1.95 bits per heavy atom. The molecule has 0 rings (SSSR count). The van der Waals surface area contributed by atoms with Crippen molar-refractivity contribution >= 4 is 15.7 Å². The lowest BCUT2D eigenvalue weighted by Crippen LogP contribution is -2.51. The highest BCUT2D eigenvalue weighted by Gasteiger charge is 2.47. The van der Waals surface area contributed by atoms with Gasteiger partial charge < -0.3 is 5.11 Å². The summed E-state index contributed by atoms with van der Waals surface area (Å²) in [4.78, 5) is 11.8. The van der Waals surface area contributed by atoms with Gasteiger partial charge in [-0.05, 0) is 39.0 Å². The predicted octanol–water partition coefficient (Wildman–Crippen LogP) is 0.265. The van der Waals surface area contributed by atoms with Crippen LogP contribution in [0.15, 0.2) is 12.7 Å². The van der Waals surface area contributed by atoms with E-state index in [1.807, 2.05) is 0 Å². The molecule has 0 spiro atoms. The minimum atomic E-state index is -3.83. The molecule has 0 aromatic carbocycles. The molecule has 0 saturated heterocycles. The molecule has 7 heteroatoms. The van der Waals surface area contributed by atoms with Gasteiger partial charge in [0.25, 0.3) is 5.91 Å². The van der Waals surface area contributed by atoms with E-state index in [4.69, 9.17) is 10.3 Å². The number of aliphatic hydroxyl groups excluding tert-OH is 1. The third kappa shape index (κ3) is 5.19. The Morgan fingerprint density at radius 1 is 1.41 bits per heavy atom. The fourth-order valence-corrected chi connectivity index (χ4v) is 2.63. The van der Waals surface area contributed by atoms with Gasteiger partial charge >= 0.3 is 0 Å². The van der Waals surface area contributed by atoms with Gasteiger partial charge in [0.05, 0.1) is 0 Å². The number of hydrogen-bond donors (Lipinski definition) is 3. The van der Waals surface area contributed by atoms with Gasteiger partial charge in [0.15, 0.2) is 14.6 Å². The number of nitrogens with one attached hydrogen (secondary N) is 1. The van der Waals surface area contributed by atoms with Crippen LogP contribution in [0.2, 0.25) is 0 Å². The zero-order chi connectivity index (χ0) is 17.6. The number of carbonyl (C=O) groups excluding carboxylic acids is 1. The average Bonchev–Trinajstić information content (AvgIpc) is 2.41. The molecule has 3 N–H and O–H groups in total. The molecule has 122 valence electrons. The van der Waals surface area contributed by atoms with Crippen LogP contribution in [0.5, 0.6) is 0 Å². The molecule has 0 aliphatic rings. The molecular weight excluding hydrogens is 306 g/mol. The van der Waals surface area contributed by atoms with Gasteiger partial charge in [-0.2, -0.15) is 0 Å². The molecule has 0 saturated carbocycles. The van der Waals surface area contributed by atoms with Crippen LogP contribution in [0.4, 0.5) is 0 Å². The van der Waals surface area contributed by atoms with Crippen LogP contribution in [-0.2, 0) is 14.6 Å². The first-order valence-corrected chi connectivity index (χ1v) is 8.29. The van der Waals surface area contributed by atoms with Crippen molar-refractivity contribution in [2.45, 2.75) is 38.0 Å². The Kier molecular flexibility index (Phi) is 6.85. The number of hydrogen-bond acceptors (Lipinski definition) is 5. The highest BCUT2D eigenvalue weighted by molar-refractivity contribution is 7.92. The summed E-state index contributed by atoms with van der Waals surface area (Å²) in [6.07, 6.45) is 1.29. The Morgan fingerprint density at radius 3 is 2.32 bits per heavy atom. The summed E-state index contributed by atoms with van der Waals surface area (Å²) in [7, 11) is -3.83. The van der Waals surface area contributed by atoms with Crippen molar-refractivity contribution in [3.63, 3.8) is 0 Å². The average molecular weight is 327 g/mol. The van der Waals surface area contributed by atoms with Gasteiger partial charge in [-0.25, -0.2) is 13.9 Å². The third-order valence-electron chi connectivity index (χ3n) is 3.25. The lowest BCUT2D eigenvalue weighted by Gasteiger charge is -2.31. The van der Waals surface area contributed by atoms with Crippen molar-refractivity contribution in [3.05, 3.63) is 12.7 Å². The quantitative estimate of drug-likeness (QED) is 0.291. The molecule has 0 aromatic rings. The van der Waals surface area contributed by atoms with E-state index in [9.17, 15) is 13.2 Å². The molecule has 6 nitrogen and oxygen atoms in total. The van der Waals surface area contributed by atoms with E-state index in [0.29, 0.717) is 0 Å². The van der Waals surface area contributed by atoms with Gasteiger partial charge in [-0.15, -0.1) is 6.58 Å².